The van der Waals surface area contributed by atoms with Crippen LogP contribution in [0.15, 0.2) is 158 Å². The first-order chi connectivity index (χ1) is 22.3. The van der Waals surface area contributed by atoms with Gasteiger partial charge in [-0.1, -0.05) is 91.0 Å². The lowest BCUT2D eigenvalue weighted by Crippen LogP contribution is -1.96. The second kappa shape index (κ2) is 11.3. The molecule has 0 radical (unpaired) electrons. The van der Waals surface area contributed by atoms with Gasteiger partial charge in [-0.3, -0.25) is 9.97 Å². The van der Waals surface area contributed by atoms with Crippen LogP contribution >= 0.6 is 0 Å². The van der Waals surface area contributed by atoms with Crippen LogP contribution in [0, 0.1) is 0 Å². The summed E-state index contributed by atoms with van der Waals surface area (Å²) in [7, 11) is 0. The molecule has 0 unspecified atom stereocenters. The van der Waals surface area contributed by atoms with E-state index in [0.717, 1.165) is 28.8 Å². The molecule has 4 heteroatoms. The zero-order valence-electron chi connectivity index (χ0n) is 24.6. The SMILES string of the molecule is N/C=C\C=C/Cc1ccc2c3ccc4cc(-c5cncc(-c6ccccn6)c5)ccc4c3n(-c3cccc4ccccc34)c2c1. The molecule has 2 N–H and O–H groups in total. The predicted octanol–water partition coefficient (Wildman–Crippen LogP) is 9.79. The summed E-state index contributed by atoms with van der Waals surface area (Å²) < 4.78 is 2.46. The zero-order chi connectivity index (χ0) is 30.2. The third kappa shape index (κ3) is 4.73. The van der Waals surface area contributed by atoms with Gasteiger partial charge in [0.1, 0.15) is 0 Å². The van der Waals surface area contributed by atoms with Crippen molar-refractivity contribution in [3.05, 3.63) is 164 Å². The smallest absolute Gasteiger partial charge is 0.0717 e. The van der Waals surface area contributed by atoms with E-state index in [1.165, 1.54) is 54.6 Å². The summed E-state index contributed by atoms with van der Waals surface area (Å²) in [5, 5.41) is 7.33. The highest BCUT2D eigenvalue weighted by Crippen LogP contribution is 2.40. The van der Waals surface area contributed by atoms with Gasteiger partial charge in [0.25, 0.3) is 0 Å². The zero-order valence-corrected chi connectivity index (χ0v) is 24.6. The minimum Gasteiger partial charge on any atom is -0.405 e. The Morgan fingerprint density at radius 2 is 1.47 bits per heavy atom. The van der Waals surface area contributed by atoms with Crippen molar-refractivity contribution in [2.75, 3.05) is 0 Å². The molecular weight excluding hydrogens is 548 g/mol. The number of nitrogens with two attached hydrogens (primary N) is 1. The van der Waals surface area contributed by atoms with Crippen LogP contribution in [0.5, 0.6) is 0 Å². The van der Waals surface area contributed by atoms with Crippen LogP contribution in [0.25, 0.3) is 71.4 Å². The monoisotopic (exact) mass is 578 g/mol. The van der Waals surface area contributed by atoms with E-state index in [2.05, 4.69) is 118 Å². The molecule has 0 aliphatic rings. The Morgan fingerprint density at radius 3 is 2.38 bits per heavy atom. The summed E-state index contributed by atoms with van der Waals surface area (Å²) in [6.07, 6.45) is 14.0. The third-order valence-corrected chi connectivity index (χ3v) is 8.56. The van der Waals surface area contributed by atoms with E-state index in [9.17, 15) is 0 Å². The largest absolute Gasteiger partial charge is 0.405 e. The highest BCUT2D eigenvalue weighted by atomic mass is 15.0. The average Bonchev–Trinajstić information content (AvgIpc) is 3.44. The van der Waals surface area contributed by atoms with Gasteiger partial charge in [-0.05, 0) is 77.0 Å². The highest BCUT2D eigenvalue weighted by Gasteiger charge is 2.17. The molecule has 3 aromatic heterocycles. The number of nitrogens with zero attached hydrogens (tertiary/aromatic N) is 3. The van der Waals surface area contributed by atoms with E-state index < -0.39 is 0 Å². The standard InChI is InChI=1S/C41H30N4/c42-21-6-1-2-9-28-15-18-36-37-20-17-31-24-30(32-25-33(27-43-26-32)38-13-5-7-22-44-38)16-19-35(31)41(37)45(40(36)23-28)39-14-8-11-29-10-3-4-12-34(29)39/h1-8,10-27H,9,42H2/b2-1-,21-6-. The Kier molecular flexibility index (Phi) is 6.65. The highest BCUT2D eigenvalue weighted by molar-refractivity contribution is 6.19. The van der Waals surface area contributed by atoms with Crippen molar-refractivity contribution in [1.29, 1.82) is 0 Å². The molecule has 0 spiro atoms. The number of rotatable bonds is 6. The van der Waals surface area contributed by atoms with Gasteiger partial charge in [0.2, 0.25) is 0 Å². The normalized spacial score (nSPS) is 12.0. The molecule has 4 nitrogen and oxygen atoms in total. The number of pyridine rings is 2. The molecule has 0 fully saturated rings. The quantitative estimate of drug-likeness (QED) is 0.200. The lowest BCUT2D eigenvalue weighted by molar-refractivity contribution is 1.19. The summed E-state index contributed by atoms with van der Waals surface area (Å²) in [5.41, 5.74) is 14.5. The Balaban J connectivity index is 1.36. The van der Waals surface area contributed by atoms with Crippen LogP contribution in [0.4, 0.5) is 0 Å². The van der Waals surface area contributed by atoms with E-state index in [1.807, 2.05) is 48.9 Å². The predicted molar refractivity (Wildman–Crippen MR) is 188 cm³/mol. The number of hydrogen-bond donors (Lipinski definition) is 1. The number of aromatic nitrogens is 3. The fraction of sp³-hybridized carbons (Fsp3) is 0.0244. The molecule has 0 aliphatic heterocycles. The summed E-state index contributed by atoms with van der Waals surface area (Å²) >= 11 is 0. The van der Waals surface area contributed by atoms with Gasteiger partial charge in [0.15, 0.2) is 0 Å². The van der Waals surface area contributed by atoms with Gasteiger partial charge in [-0.2, -0.15) is 0 Å². The second-order valence-electron chi connectivity index (χ2n) is 11.3. The van der Waals surface area contributed by atoms with Gasteiger partial charge in [-0.25, -0.2) is 0 Å². The number of allylic oxidation sites excluding steroid dienone is 3. The molecule has 45 heavy (non-hydrogen) atoms. The van der Waals surface area contributed by atoms with Crippen LogP contribution in [0.1, 0.15) is 5.56 Å². The summed E-state index contributed by atoms with van der Waals surface area (Å²) in [6.45, 7) is 0. The van der Waals surface area contributed by atoms with Crippen molar-refractivity contribution in [3.8, 4) is 28.1 Å². The van der Waals surface area contributed by atoms with Crippen molar-refractivity contribution in [2.45, 2.75) is 6.42 Å². The molecule has 3 heterocycles. The summed E-state index contributed by atoms with van der Waals surface area (Å²) in [5.74, 6) is 0. The van der Waals surface area contributed by atoms with Crippen LogP contribution in [0.3, 0.4) is 0 Å². The number of fused-ring (bicyclic) bond motifs is 6. The molecule has 8 rings (SSSR count). The van der Waals surface area contributed by atoms with Gasteiger partial charge in [-0.15, -0.1) is 0 Å². The second-order valence-corrected chi connectivity index (χ2v) is 11.3. The summed E-state index contributed by atoms with van der Waals surface area (Å²) in [6, 6.07) is 41.5. The van der Waals surface area contributed by atoms with Crippen molar-refractivity contribution >= 4 is 43.4 Å². The van der Waals surface area contributed by atoms with Crippen molar-refractivity contribution in [3.63, 3.8) is 0 Å². The lowest BCUT2D eigenvalue weighted by atomic mass is 9.99. The van der Waals surface area contributed by atoms with E-state index in [1.54, 1.807) is 6.20 Å². The molecule has 0 bridgehead atoms. The average molecular weight is 579 g/mol. The van der Waals surface area contributed by atoms with Gasteiger partial charge in [0, 0.05) is 51.3 Å². The molecule has 0 saturated carbocycles. The molecule has 5 aromatic carbocycles. The van der Waals surface area contributed by atoms with Crippen LogP contribution in [-0.2, 0) is 6.42 Å². The van der Waals surface area contributed by atoms with Gasteiger partial charge < -0.3 is 10.3 Å². The van der Waals surface area contributed by atoms with E-state index in [-0.39, 0.29) is 0 Å². The van der Waals surface area contributed by atoms with Crippen LogP contribution in [0.2, 0.25) is 0 Å². The van der Waals surface area contributed by atoms with Crippen LogP contribution < -0.4 is 5.73 Å². The van der Waals surface area contributed by atoms with Crippen LogP contribution in [-0.4, -0.2) is 14.5 Å². The molecule has 0 atom stereocenters. The minimum atomic E-state index is 0.826. The van der Waals surface area contributed by atoms with E-state index >= 15 is 0 Å². The molecule has 0 amide bonds. The fourth-order valence-electron chi connectivity index (χ4n) is 6.46. The molecule has 214 valence electrons. The molecule has 0 saturated heterocycles. The van der Waals surface area contributed by atoms with E-state index in [0.29, 0.717) is 0 Å². The molecular formula is C41H30N4. The topological polar surface area (TPSA) is 56.7 Å². The Hall–Kier alpha value is -6.00. The summed E-state index contributed by atoms with van der Waals surface area (Å²) in [4.78, 5) is 9.08. The minimum absolute atomic E-state index is 0.826. The maximum atomic E-state index is 5.53. The maximum absolute atomic E-state index is 5.53. The Labute approximate surface area is 261 Å². The lowest BCUT2D eigenvalue weighted by Gasteiger charge is -2.14. The molecule has 0 aliphatic carbocycles. The first-order valence-electron chi connectivity index (χ1n) is 15.2. The molecule has 8 aromatic rings. The number of benzene rings is 5. The van der Waals surface area contributed by atoms with Crippen molar-refractivity contribution in [2.24, 2.45) is 5.73 Å². The third-order valence-electron chi connectivity index (χ3n) is 8.56. The number of hydrogen-bond acceptors (Lipinski definition) is 3. The fourth-order valence-corrected chi connectivity index (χ4v) is 6.46. The first kappa shape index (κ1) is 26.6. The maximum Gasteiger partial charge on any atom is 0.0717 e. The first-order valence-corrected chi connectivity index (χ1v) is 15.2. The van der Waals surface area contributed by atoms with E-state index in [4.69, 9.17) is 5.73 Å². The van der Waals surface area contributed by atoms with Crippen molar-refractivity contribution < 1.29 is 0 Å². The Morgan fingerprint density at radius 1 is 0.622 bits per heavy atom. The van der Waals surface area contributed by atoms with Gasteiger partial charge in [0.05, 0.1) is 22.4 Å². The van der Waals surface area contributed by atoms with Gasteiger partial charge >= 0.3 is 0 Å². The van der Waals surface area contributed by atoms with Crippen molar-refractivity contribution in [1.82, 2.24) is 14.5 Å². The Bertz CT molecular complexity index is 2410.